The van der Waals surface area contributed by atoms with Gasteiger partial charge in [-0.1, -0.05) is 48.5 Å². The van der Waals surface area contributed by atoms with Gasteiger partial charge in [0.2, 0.25) is 0 Å². The van der Waals surface area contributed by atoms with Crippen LogP contribution in [0.25, 0.3) is 21.5 Å². The number of halogens is 1. The summed E-state index contributed by atoms with van der Waals surface area (Å²) in [6, 6.07) is 17.9. The first kappa shape index (κ1) is 16.4. The molecule has 0 bridgehead atoms. The summed E-state index contributed by atoms with van der Waals surface area (Å²) in [4.78, 5) is 21.8. The Labute approximate surface area is 153 Å². The molecule has 6 heteroatoms. The molecule has 26 heavy (non-hydrogen) atoms. The number of aromatic nitrogens is 2. The third-order valence-electron chi connectivity index (χ3n) is 3.90. The van der Waals surface area contributed by atoms with E-state index in [0.29, 0.717) is 11.9 Å². The second kappa shape index (κ2) is 7.01. The fourth-order valence-electron chi connectivity index (χ4n) is 2.60. The minimum atomic E-state index is -0.438. The molecule has 0 spiro atoms. The largest absolute Gasteiger partial charge is 0.346 e. The minimum Gasteiger partial charge on any atom is -0.346 e. The summed E-state index contributed by atoms with van der Waals surface area (Å²) >= 11 is 1.52. The monoisotopic (exact) mass is 363 g/mol. The van der Waals surface area contributed by atoms with Gasteiger partial charge in [-0.05, 0) is 12.1 Å². The molecule has 0 radical (unpaired) electrons. The third kappa shape index (κ3) is 3.32. The number of amides is 1. The summed E-state index contributed by atoms with van der Waals surface area (Å²) in [7, 11) is 0. The van der Waals surface area contributed by atoms with Crippen LogP contribution in [0.15, 0.2) is 66.9 Å². The molecule has 2 heterocycles. The third-order valence-corrected chi connectivity index (χ3v) is 4.95. The summed E-state index contributed by atoms with van der Waals surface area (Å²) in [5, 5.41) is 4.38. The highest BCUT2D eigenvalue weighted by Gasteiger charge is 2.11. The van der Waals surface area contributed by atoms with Crippen molar-refractivity contribution < 1.29 is 9.18 Å². The van der Waals surface area contributed by atoms with Crippen LogP contribution in [-0.2, 0) is 6.54 Å². The lowest BCUT2D eigenvalue weighted by molar-refractivity contribution is 0.0946. The number of thiazole rings is 1. The standard InChI is InChI=1S/C20H14FN3OS/c21-16-8-4-7-13-9-10-17(24-18(13)16)19(25)22-11-15-12-23-20(26-15)14-5-2-1-3-6-14/h1-10,12H,11H2,(H,22,25). The number of carbonyl (C=O) groups is 1. The molecule has 0 atom stereocenters. The number of nitrogens with one attached hydrogen (secondary N) is 1. The van der Waals surface area contributed by atoms with Gasteiger partial charge in [-0.3, -0.25) is 4.79 Å². The fourth-order valence-corrected chi connectivity index (χ4v) is 3.46. The predicted octanol–water partition coefficient (Wildman–Crippen LogP) is 4.43. The number of pyridine rings is 1. The Bertz CT molecular complexity index is 1080. The van der Waals surface area contributed by atoms with Gasteiger partial charge in [0.1, 0.15) is 22.0 Å². The molecule has 128 valence electrons. The van der Waals surface area contributed by atoms with E-state index < -0.39 is 5.82 Å². The van der Waals surface area contributed by atoms with Crippen molar-refractivity contribution in [2.75, 3.05) is 0 Å². The van der Waals surface area contributed by atoms with Crippen LogP contribution < -0.4 is 5.32 Å². The highest BCUT2D eigenvalue weighted by atomic mass is 32.1. The zero-order valence-corrected chi connectivity index (χ0v) is 14.5. The summed E-state index contributed by atoms with van der Waals surface area (Å²) in [6.07, 6.45) is 1.75. The summed E-state index contributed by atoms with van der Waals surface area (Å²) < 4.78 is 13.8. The Hall–Kier alpha value is -3.12. The second-order valence-corrected chi connectivity index (χ2v) is 6.80. The van der Waals surface area contributed by atoms with Crippen molar-refractivity contribution in [3.05, 3.63) is 83.2 Å². The van der Waals surface area contributed by atoms with E-state index in [0.717, 1.165) is 15.4 Å². The van der Waals surface area contributed by atoms with Gasteiger partial charge in [0, 0.05) is 22.0 Å². The molecule has 2 aromatic heterocycles. The van der Waals surface area contributed by atoms with E-state index >= 15 is 0 Å². The molecule has 4 aromatic rings. The van der Waals surface area contributed by atoms with Crippen LogP contribution in [0.3, 0.4) is 0 Å². The van der Waals surface area contributed by atoms with Crippen molar-refractivity contribution in [3.8, 4) is 10.6 Å². The first-order valence-corrected chi connectivity index (χ1v) is 8.86. The van der Waals surface area contributed by atoms with Crippen molar-refractivity contribution in [3.63, 3.8) is 0 Å². The maximum absolute atomic E-state index is 13.8. The smallest absolute Gasteiger partial charge is 0.270 e. The normalized spacial score (nSPS) is 10.8. The second-order valence-electron chi connectivity index (χ2n) is 5.69. The number of carbonyl (C=O) groups excluding carboxylic acids is 1. The minimum absolute atomic E-state index is 0.190. The van der Waals surface area contributed by atoms with E-state index in [4.69, 9.17) is 0 Å². The Kier molecular flexibility index (Phi) is 4.41. The van der Waals surface area contributed by atoms with Gasteiger partial charge in [0.05, 0.1) is 6.54 Å². The Morgan fingerprint density at radius 3 is 2.73 bits per heavy atom. The summed E-state index contributed by atoms with van der Waals surface area (Å²) in [6.45, 7) is 0.348. The van der Waals surface area contributed by atoms with E-state index in [1.54, 1.807) is 30.5 Å². The molecule has 4 rings (SSSR count). The Morgan fingerprint density at radius 1 is 1.04 bits per heavy atom. The average Bonchev–Trinajstić information content (AvgIpc) is 3.16. The molecule has 0 unspecified atom stereocenters. The number of hydrogen-bond donors (Lipinski definition) is 1. The summed E-state index contributed by atoms with van der Waals surface area (Å²) in [5.41, 5.74) is 1.43. The van der Waals surface area contributed by atoms with Crippen molar-refractivity contribution in [1.82, 2.24) is 15.3 Å². The maximum atomic E-state index is 13.8. The van der Waals surface area contributed by atoms with Crippen molar-refractivity contribution in [2.45, 2.75) is 6.54 Å². The number of benzene rings is 2. The number of nitrogens with zero attached hydrogens (tertiary/aromatic N) is 2. The van der Waals surface area contributed by atoms with Gasteiger partial charge in [0.25, 0.3) is 5.91 Å². The average molecular weight is 363 g/mol. The van der Waals surface area contributed by atoms with Crippen molar-refractivity contribution in [1.29, 1.82) is 0 Å². The van der Waals surface area contributed by atoms with Gasteiger partial charge >= 0.3 is 0 Å². The fraction of sp³-hybridized carbons (Fsp3) is 0.0500. The van der Waals surface area contributed by atoms with E-state index in [1.165, 1.54) is 17.4 Å². The predicted molar refractivity (Wildman–Crippen MR) is 100 cm³/mol. The van der Waals surface area contributed by atoms with Gasteiger partial charge in [-0.2, -0.15) is 0 Å². The van der Waals surface area contributed by atoms with Gasteiger partial charge in [-0.15, -0.1) is 11.3 Å². The van der Waals surface area contributed by atoms with E-state index in [9.17, 15) is 9.18 Å². The lowest BCUT2D eigenvalue weighted by Gasteiger charge is -2.05. The number of para-hydroxylation sites is 1. The van der Waals surface area contributed by atoms with Gasteiger partial charge in [-0.25, -0.2) is 14.4 Å². The topological polar surface area (TPSA) is 54.9 Å². The number of rotatable bonds is 4. The molecule has 1 N–H and O–H groups in total. The van der Waals surface area contributed by atoms with E-state index in [-0.39, 0.29) is 17.1 Å². The molecular weight excluding hydrogens is 349 g/mol. The van der Waals surface area contributed by atoms with Crippen LogP contribution in [0, 0.1) is 5.82 Å². The zero-order valence-electron chi connectivity index (χ0n) is 13.6. The lowest BCUT2D eigenvalue weighted by atomic mass is 10.2. The highest BCUT2D eigenvalue weighted by Crippen LogP contribution is 2.24. The maximum Gasteiger partial charge on any atom is 0.270 e. The van der Waals surface area contributed by atoms with Crippen LogP contribution in [-0.4, -0.2) is 15.9 Å². The molecule has 0 aliphatic rings. The van der Waals surface area contributed by atoms with Crippen molar-refractivity contribution in [2.24, 2.45) is 0 Å². The quantitative estimate of drug-likeness (QED) is 0.584. The molecular formula is C20H14FN3OS. The zero-order chi connectivity index (χ0) is 17.9. The molecule has 0 aliphatic carbocycles. The van der Waals surface area contributed by atoms with E-state index in [1.807, 2.05) is 30.3 Å². The number of hydrogen-bond acceptors (Lipinski definition) is 4. The lowest BCUT2D eigenvalue weighted by Crippen LogP contribution is -2.23. The summed E-state index contributed by atoms with van der Waals surface area (Å²) in [5.74, 6) is -0.781. The van der Waals surface area contributed by atoms with Gasteiger partial charge < -0.3 is 5.32 Å². The SMILES string of the molecule is O=C(NCc1cnc(-c2ccccc2)s1)c1ccc2cccc(F)c2n1. The highest BCUT2D eigenvalue weighted by molar-refractivity contribution is 7.15. The molecule has 0 fully saturated rings. The molecule has 0 aliphatic heterocycles. The molecule has 4 nitrogen and oxygen atoms in total. The molecule has 1 amide bonds. The Balaban J connectivity index is 1.47. The molecule has 0 saturated carbocycles. The van der Waals surface area contributed by atoms with Crippen LogP contribution in [0.5, 0.6) is 0 Å². The van der Waals surface area contributed by atoms with Crippen LogP contribution in [0.2, 0.25) is 0 Å². The molecule has 0 saturated heterocycles. The number of fused-ring (bicyclic) bond motifs is 1. The molecule has 2 aromatic carbocycles. The van der Waals surface area contributed by atoms with Crippen molar-refractivity contribution >= 4 is 28.1 Å². The van der Waals surface area contributed by atoms with Crippen LogP contribution >= 0.6 is 11.3 Å². The van der Waals surface area contributed by atoms with Crippen LogP contribution in [0.1, 0.15) is 15.4 Å². The first-order chi connectivity index (χ1) is 12.7. The van der Waals surface area contributed by atoms with E-state index in [2.05, 4.69) is 15.3 Å². The first-order valence-electron chi connectivity index (χ1n) is 8.04. The Morgan fingerprint density at radius 2 is 1.88 bits per heavy atom. The van der Waals surface area contributed by atoms with Crippen LogP contribution in [0.4, 0.5) is 4.39 Å². The van der Waals surface area contributed by atoms with Gasteiger partial charge in [0.15, 0.2) is 0 Å².